The molecule has 0 aliphatic carbocycles. The maximum Gasteiger partial charge on any atom is 0.224 e. The second-order valence-corrected chi connectivity index (χ2v) is 5.01. The van der Waals surface area contributed by atoms with E-state index in [1.165, 1.54) is 6.92 Å². The Kier molecular flexibility index (Phi) is 7.46. The summed E-state index contributed by atoms with van der Waals surface area (Å²) in [5.41, 5.74) is 2.14. The molecule has 0 fully saturated rings. The number of benzene rings is 1. The van der Waals surface area contributed by atoms with Crippen LogP contribution in [0.4, 0.5) is 0 Å². The minimum Gasteiger partial charge on any atom is -0.383 e. The van der Waals surface area contributed by atoms with Gasteiger partial charge in [0.15, 0.2) is 0 Å². The summed E-state index contributed by atoms with van der Waals surface area (Å²) in [6, 6.07) is 7.88. The molecular weight excluding hydrogens is 268 g/mol. The van der Waals surface area contributed by atoms with Crippen molar-refractivity contribution in [3.8, 4) is 0 Å². The summed E-state index contributed by atoms with van der Waals surface area (Å²) >= 11 is 0. The lowest BCUT2D eigenvalue weighted by Crippen LogP contribution is -2.39. The fourth-order valence-corrected chi connectivity index (χ4v) is 2.03. The van der Waals surface area contributed by atoms with Gasteiger partial charge in [0.25, 0.3) is 0 Å². The van der Waals surface area contributed by atoms with Gasteiger partial charge in [0, 0.05) is 33.7 Å². The molecule has 21 heavy (non-hydrogen) atoms. The number of methoxy groups -OCH3 is 1. The molecule has 2 amide bonds. The third-order valence-electron chi connectivity index (χ3n) is 3.16. The molecule has 0 aliphatic rings. The van der Waals surface area contributed by atoms with Crippen molar-refractivity contribution in [2.75, 3.05) is 33.4 Å². The Morgan fingerprint density at radius 1 is 1.29 bits per heavy atom. The smallest absolute Gasteiger partial charge is 0.224 e. The van der Waals surface area contributed by atoms with Gasteiger partial charge < -0.3 is 15.0 Å². The van der Waals surface area contributed by atoms with E-state index in [2.05, 4.69) is 5.32 Å². The summed E-state index contributed by atoms with van der Waals surface area (Å²) in [6.07, 6.45) is 0.361. The third kappa shape index (κ3) is 6.90. The molecule has 0 aromatic heterocycles. The van der Waals surface area contributed by atoms with Gasteiger partial charge in [0.1, 0.15) is 0 Å². The fourth-order valence-electron chi connectivity index (χ4n) is 2.03. The third-order valence-corrected chi connectivity index (χ3v) is 3.16. The maximum atomic E-state index is 11.8. The molecule has 0 saturated carbocycles. The molecule has 0 heterocycles. The van der Waals surface area contributed by atoms with Crippen molar-refractivity contribution >= 4 is 11.8 Å². The van der Waals surface area contributed by atoms with Crippen molar-refractivity contribution in [1.82, 2.24) is 10.2 Å². The highest BCUT2D eigenvalue weighted by Crippen LogP contribution is 2.04. The fraction of sp³-hybridized carbons (Fsp3) is 0.500. The minimum atomic E-state index is -0.0316. The lowest BCUT2D eigenvalue weighted by atomic mass is 10.1. The van der Waals surface area contributed by atoms with E-state index in [4.69, 9.17) is 4.74 Å². The summed E-state index contributed by atoms with van der Waals surface area (Å²) in [6.45, 7) is 5.51. The number of amides is 2. The SMILES string of the molecule is COCCN(CCNC(=O)Cc1cccc(C)c1)C(C)=O. The Morgan fingerprint density at radius 2 is 2.05 bits per heavy atom. The Bertz CT molecular complexity index is 474. The van der Waals surface area contributed by atoms with Gasteiger partial charge in [-0.05, 0) is 12.5 Å². The highest BCUT2D eigenvalue weighted by atomic mass is 16.5. The van der Waals surface area contributed by atoms with Crippen LogP contribution in [-0.2, 0) is 20.7 Å². The van der Waals surface area contributed by atoms with Crippen LogP contribution in [-0.4, -0.2) is 50.1 Å². The van der Waals surface area contributed by atoms with E-state index in [0.29, 0.717) is 32.7 Å². The van der Waals surface area contributed by atoms with Crippen molar-refractivity contribution in [2.45, 2.75) is 20.3 Å². The van der Waals surface area contributed by atoms with Crippen LogP contribution < -0.4 is 5.32 Å². The maximum absolute atomic E-state index is 11.8. The molecular formula is C16H24N2O3. The zero-order valence-electron chi connectivity index (χ0n) is 13.0. The first-order valence-electron chi connectivity index (χ1n) is 7.09. The number of hydrogen-bond donors (Lipinski definition) is 1. The molecule has 1 aromatic rings. The van der Waals surface area contributed by atoms with Gasteiger partial charge in [-0.15, -0.1) is 0 Å². The molecule has 0 bridgehead atoms. The highest BCUT2D eigenvalue weighted by molar-refractivity contribution is 5.78. The molecule has 0 spiro atoms. The van der Waals surface area contributed by atoms with Crippen LogP contribution in [0.3, 0.4) is 0 Å². The second kappa shape index (κ2) is 9.13. The summed E-state index contributed by atoms with van der Waals surface area (Å²) in [4.78, 5) is 24.9. The van der Waals surface area contributed by atoms with Gasteiger partial charge in [-0.1, -0.05) is 29.8 Å². The number of nitrogens with zero attached hydrogens (tertiary/aromatic N) is 1. The normalized spacial score (nSPS) is 10.2. The van der Waals surface area contributed by atoms with E-state index in [-0.39, 0.29) is 11.8 Å². The van der Waals surface area contributed by atoms with Crippen molar-refractivity contribution in [1.29, 1.82) is 0 Å². The van der Waals surface area contributed by atoms with E-state index >= 15 is 0 Å². The van der Waals surface area contributed by atoms with E-state index in [1.807, 2.05) is 31.2 Å². The Morgan fingerprint density at radius 3 is 2.67 bits per heavy atom. The van der Waals surface area contributed by atoms with Gasteiger partial charge >= 0.3 is 0 Å². The molecule has 116 valence electrons. The predicted molar refractivity (Wildman–Crippen MR) is 82.0 cm³/mol. The number of ether oxygens (including phenoxy) is 1. The van der Waals surface area contributed by atoms with Gasteiger partial charge in [0.05, 0.1) is 13.0 Å². The Balaban J connectivity index is 2.33. The van der Waals surface area contributed by atoms with Gasteiger partial charge in [0.2, 0.25) is 11.8 Å². The van der Waals surface area contributed by atoms with E-state index in [0.717, 1.165) is 11.1 Å². The van der Waals surface area contributed by atoms with Crippen LogP contribution in [0.15, 0.2) is 24.3 Å². The first kappa shape index (κ1) is 17.2. The Labute approximate surface area is 126 Å². The Hall–Kier alpha value is -1.88. The first-order valence-corrected chi connectivity index (χ1v) is 7.09. The molecule has 1 N–H and O–H groups in total. The topological polar surface area (TPSA) is 58.6 Å². The van der Waals surface area contributed by atoms with Crippen LogP contribution >= 0.6 is 0 Å². The molecule has 0 aliphatic heterocycles. The number of hydrogen-bond acceptors (Lipinski definition) is 3. The molecule has 1 aromatic carbocycles. The molecule has 0 unspecified atom stereocenters. The van der Waals surface area contributed by atoms with Crippen LogP contribution in [0.2, 0.25) is 0 Å². The molecule has 5 nitrogen and oxygen atoms in total. The number of carbonyl (C=O) groups is 2. The zero-order chi connectivity index (χ0) is 15.7. The van der Waals surface area contributed by atoms with Crippen molar-refractivity contribution in [2.24, 2.45) is 0 Å². The van der Waals surface area contributed by atoms with Gasteiger partial charge in [-0.2, -0.15) is 0 Å². The summed E-state index contributed by atoms with van der Waals surface area (Å²) in [5.74, 6) is -0.0455. The lowest BCUT2D eigenvalue weighted by molar-refractivity contribution is -0.130. The average molecular weight is 292 g/mol. The molecule has 0 atom stereocenters. The number of aryl methyl sites for hydroxylation is 1. The average Bonchev–Trinajstić information content (AvgIpc) is 2.42. The van der Waals surface area contributed by atoms with E-state index in [1.54, 1.807) is 12.0 Å². The van der Waals surface area contributed by atoms with Crippen molar-refractivity contribution < 1.29 is 14.3 Å². The second-order valence-electron chi connectivity index (χ2n) is 5.01. The largest absolute Gasteiger partial charge is 0.383 e. The number of rotatable bonds is 8. The monoisotopic (exact) mass is 292 g/mol. The standard InChI is InChI=1S/C16H24N2O3/c1-13-5-4-6-15(11-13)12-16(20)17-7-8-18(14(2)19)9-10-21-3/h4-6,11H,7-10,12H2,1-3H3,(H,17,20). The van der Waals surface area contributed by atoms with Crippen molar-refractivity contribution in [3.63, 3.8) is 0 Å². The number of carbonyl (C=O) groups excluding carboxylic acids is 2. The summed E-state index contributed by atoms with van der Waals surface area (Å²) < 4.78 is 4.96. The quantitative estimate of drug-likeness (QED) is 0.782. The zero-order valence-corrected chi connectivity index (χ0v) is 13.0. The summed E-state index contributed by atoms with van der Waals surface area (Å²) in [7, 11) is 1.60. The highest BCUT2D eigenvalue weighted by Gasteiger charge is 2.09. The van der Waals surface area contributed by atoms with E-state index < -0.39 is 0 Å². The predicted octanol–water partition coefficient (Wildman–Crippen LogP) is 1.15. The van der Waals surface area contributed by atoms with Crippen LogP contribution in [0.1, 0.15) is 18.1 Å². The van der Waals surface area contributed by atoms with Crippen LogP contribution in [0.25, 0.3) is 0 Å². The van der Waals surface area contributed by atoms with Crippen LogP contribution in [0.5, 0.6) is 0 Å². The van der Waals surface area contributed by atoms with Crippen molar-refractivity contribution in [3.05, 3.63) is 35.4 Å². The molecule has 0 radical (unpaired) electrons. The van der Waals surface area contributed by atoms with Crippen LogP contribution in [0, 0.1) is 6.92 Å². The van der Waals surface area contributed by atoms with Gasteiger partial charge in [-0.25, -0.2) is 0 Å². The van der Waals surface area contributed by atoms with Gasteiger partial charge in [-0.3, -0.25) is 9.59 Å². The molecule has 1 rings (SSSR count). The summed E-state index contributed by atoms with van der Waals surface area (Å²) in [5, 5.41) is 2.84. The molecule has 0 saturated heterocycles. The van der Waals surface area contributed by atoms with E-state index in [9.17, 15) is 9.59 Å². The number of nitrogens with one attached hydrogen (secondary N) is 1. The first-order chi connectivity index (χ1) is 10.0. The molecule has 5 heteroatoms. The minimum absolute atomic E-state index is 0.0139. The lowest BCUT2D eigenvalue weighted by Gasteiger charge is -2.20.